The topological polar surface area (TPSA) is 58.4 Å². The van der Waals surface area contributed by atoms with Crippen LogP contribution in [0.3, 0.4) is 0 Å². The van der Waals surface area contributed by atoms with E-state index in [0.29, 0.717) is 11.3 Å². The van der Waals surface area contributed by atoms with Crippen LogP contribution < -0.4 is 5.32 Å². The summed E-state index contributed by atoms with van der Waals surface area (Å²) < 4.78 is 31.3. The van der Waals surface area contributed by atoms with Crippen molar-refractivity contribution in [2.75, 3.05) is 13.6 Å². The standard InChI is InChI=1S/C16H17F2N3O2/c1-21-6-4-14(19-15(22)9-11-5-7-23-20-11)16(21)10-2-3-12(17)13(18)8-10/h2-3,5,7-8,14,16H,4,6,9H2,1H3,(H,19,22)/t14-,16-/m1/s1. The molecule has 7 heteroatoms. The third-order valence-electron chi connectivity index (χ3n) is 4.11. The summed E-state index contributed by atoms with van der Waals surface area (Å²) in [6, 6.07) is 5.15. The Morgan fingerprint density at radius 3 is 2.91 bits per heavy atom. The van der Waals surface area contributed by atoms with Crippen LogP contribution in [0.1, 0.15) is 23.7 Å². The molecule has 1 aliphatic rings. The Labute approximate surface area is 132 Å². The van der Waals surface area contributed by atoms with Gasteiger partial charge in [-0.05, 0) is 31.2 Å². The SMILES string of the molecule is CN1CC[C@@H](NC(=O)Cc2ccon2)[C@H]1c1ccc(F)c(F)c1. The average Bonchev–Trinajstić information content (AvgIpc) is 3.12. The number of nitrogens with one attached hydrogen (secondary N) is 1. The molecule has 1 aromatic carbocycles. The van der Waals surface area contributed by atoms with Crippen molar-refractivity contribution in [1.82, 2.24) is 15.4 Å². The van der Waals surface area contributed by atoms with E-state index in [2.05, 4.69) is 10.5 Å². The Bertz CT molecular complexity index is 691. The molecule has 0 saturated carbocycles. The molecular weight excluding hydrogens is 304 g/mol. The quantitative estimate of drug-likeness (QED) is 0.936. The molecule has 0 radical (unpaired) electrons. The number of halogens is 2. The number of likely N-dealkylation sites (tertiary alicyclic amines) is 1. The van der Waals surface area contributed by atoms with E-state index in [9.17, 15) is 13.6 Å². The second kappa shape index (κ2) is 6.45. The predicted octanol–water partition coefficient (Wildman–Crippen LogP) is 2.06. The maximum Gasteiger partial charge on any atom is 0.226 e. The van der Waals surface area contributed by atoms with E-state index in [-0.39, 0.29) is 24.4 Å². The van der Waals surface area contributed by atoms with E-state index in [1.807, 2.05) is 11.9 Å². The van der Waals surface area contributed by atoms with Crippen molar-refractivity contribution in [2.45, 2.75) is 24.9 Å². The van der Waals surface area contributed by atoms with Gasteiger partial charge in [-0.15, -0.1) is 0 Å². The Morgan fingerprint density at radius 2 is 2.22 bits per heavy atom. The zero-order chi connectivity index (χ0) is 16.4. The molecule has 1 fully saturated rings. The number of carbonyl (C=O) groups excluding carboxylic acids is 1. The first kappa shape index (κ1) is 15.6. The summed E-state index contributed by atoms with van der Waals surface area (Å²) in [4.78, 5) is 14.1. The number of hydrogen-bond acceptors (Lipinski definition) is 4. The van der Waals surface area contributed by atoms with Crippen molar-refractivity contribution in [2.24, 2.45) is 0 Å². The molecule has 1 aromatic heterocycles. The number of rotatable bonds is 4. The molecule has 0 bridgehead atoms. The lowest BCUT2D eigenvalue weighted by atomic mass is 9.99. The molecule has 1 aliphatic heterocycles. The largest absolute Gasteiger partial charge is 0.364 e. The summed E-state index contributed by atoms with van der Waals surface area (Å²) in [7, 11) is 1.90. The molecule has 1 amide bonds. The molecule has 1 N–H and O–H groups in total. The molecule has 23 heavy (non-hydrogen) atoms. The fraction of sp³-hybridized carbons (Fsp3) is 0.375. The smallest absolute Gasteiger partial charge is 0.226 e. The highest BCUT2D eigenvalue weighted by Gasteiger charge is 2.34. The molecule has 2 aromatic rings. The number of hydrogen-bond donors (Lipinski definition) is 1. The van der Waals surface area contributed by atoms with E-state index in [4.69, 9.17) is 4.52 Å². The minimum Gasteiger partial charge on any atom is -0.364 e. The summed E-state index contributed by atoms with van der Waals surface area (Å²) in [6.07, 6.45) is 2.28. The van der Waals surface area contributed by atoms with E-state index in [0.717, 1.165) is 19.0 Å². The first-order chi connectivity index (χ1) is 11.0. The van der Waals surface area contributed by atoms with Crippen LogP contribution in [0, 0.1) is 11.6 Å². The van der Waals surface area contributed by atoms with Crippen LogP contribution in [0.15, 0.2) is 35.1 Å². The summed E-state index contributed by atoms with van der Waals surface area (Å²) in [5.41, 5.74) is 1.20. The van der Waals surface area contributed by atoms with Gasteiger partial charge in [0.05, 0.1) is 18.2 Å². The van der Waals surface area contributed by atoms with Crippen LogP contribution in [0.5, 0.6) is 0 Å². The zero-order valence-electron chi connectivity index (χ0n) is 12.6. The van der Waals surface area contributed by atoms with E-state index < -0.39 is 11.6 Å². The molecule has 3 rings (SSSR count). The van der Waals surface area contributed by atoms with Gasteiger partial charge in [0, 0.05) is 18.7 Å². The van der Waals surface area contributed by atoms with Crippen LogP contribution in [-0.2, 0) is 11.2 Å². The van der Waals surface area contributed by atoms with Crippen LogP contribution in [-0.4, -0.2) is 35.6 Å². The molecule has 1 saturated heterocycles. The number of likely N-dealkylation sites (N-methyl/N-ethyl adjacent to an activating group) is 1. The number of aromatic nitrogens is 1. The number of carbonyl (C=O) groups is 1. The Morgan fingerprint density at radius 1 is 1.39 bits per heavy atom. The monoisotopic (exact) mass is 321 g/mol. The Hall–Kier alpha value is -2.28. The van der Waals surface area contributed by atoms with E-state index in [1.54, 1.807) is 12.1 Å². The van der Waals surface area contributed by atoms with Gasteiger partial charge in [-0.1, -0.05) is 11.2 Å². The minimum atomic E-state index is -0.879. The normalized spacial score (nSPS) is 21.5. The van der Waals surface area contributed by atoms with Gasteiger partial charge in [0.15, 0.2) is 11.6 Å². The first-order valence-electron chi connectivity index (χ1n) is 7.38. The second-order valence-electron chi connectivity index (χ2n) is 5.73. The summed E-state index contributed by atoms with van der Waals surface area (Å²) >= 11 is 0. The van der Waals surface area contributed by atoms with Gasteiger partial charge in [-0.25, -0.2) is 8.78 Å². The highest BCUT2D eigenvalue weighted by Crippen LogP contribution is 2.31. The van der Waals surface area contributed by atoms with Crippen LogP contribution in [0.25, 0.3) is 0 Å². The zero-order valence-corrected chi connectivity index (χ0v) is 12.6. The Kier molecular flexibility index (Phi) is 4.38. The van der Waals surface area contributed by atoms with Gasteiger partial charge < -0.3 is 9.84 Å². The molecule has 2 atom stereocenters. The van der Waals surface area contributed by atoms with Gasteiger partial charge in [0.25, 0.3) is 0 Å². The van der Waals surface area contributed by atoms with Crippen molar-refractivity contribution in [1.29, 1.82) is 0 Å². The minimum absolute atomic E-state index is 0.126. The number of amides is 1. The molecule has 2 heterocycles. The van der Waals surface area contributed by atoms with Gasteiger partial charge in [-0.2, -0.15) is 0 Å². The highest BCUT2D eigenvalue weighted by molar-refractivity contribution is 5.78. The van der Waals surface area contributed by atoms with Crippen molar-refractivity contribution < 1.29 is 18.1 Å². The number of nitrogens with zero attached hydrogens (tertiary/aromatic N) is 2. The molecule has 0 aliphatic carbocycles. The van der Waals surface area contributed by atoms with E-state index in [1.165, 1.54) is 12.3 Å². The maximum absolute atomic E-state index is 13.5. The fourth-order valence-corrected chi connectivity index (χ4v) is 3.03. The van der Waals surface area contributed by atoms with Gasteiger partial charge in [0.2, 0.25) is 5.91 Å². The molecule has 5 nitrogen and oxygen atoms in total. The lowest BCUT2D eigenvalue weighted by Gasteiger charge is -2.26. The predicted molar refractivity (Wildman–Crippen MR) is 78.5 cm³/mol. The van der Waals surface area contributed by atoms with Crippen LogP contribution in [0.4, 0.5) is 8.78 Å². The lowest BCUT2D eigenvalue weighted by molar-refractivity contribution is -0.121. The molecule has 0 unspecified atom stereocenters. The van der Waals surface area contributed by atoms with Crippen molar-refractivity contribution in [3.8, 4) is 0 Å². The molecular formula is C16H17F2N3O2. The average molecular weight is 321 g/mol. The van der Waals surface area contributed by atoms with E-state index >= 15 is 0 Å². The second-order valence-corrected chi connectivity index (χ2v) is 5.73. The third-order valence-corrected chi connectivity index (χ3v) is 4.11. The third kappa shape index (κ3) is 3.39. The fourth-order valence-electron chi connectivity index (χ4n) is 3.03. The van der Waals surface area contributed by atoms with Crippen LogP contribution >= 0.6 is 0 Å². The van der Waals surface area contributed by atoms with Gasteiger partial charge >= 0.3 is 0 Å². The Balaban J connectivity index is 1.73. The van der Waals surface area contributed by atoms with Crippen LogP contribution in [0.2, 0.25) is 0 Å². The first-order valence-corrected chi connectivity index (χ1v) is 7.38. The lowest BCUT2D eigenvalue weighted by Crippen LogP contribution is -2.39. The molecule has 0 spiro atoms. The van der Waals surface area contributed by atoms with Crippen molar-refractivity contribution in [3.63, 3.8) is 0 Å². The summed E-state index contributed by atoms with van der Waals surface area (Å²) in [5, 5.41) is 6.66. The van der Waals surface area contributed by atoms with Gasteiger partial charge in [0.1, 0.15) is 6.26 Å². The van der Waals surface area contributed by atoms with Crippen molar-refractivity contribution >= 4 is 5.91 Å². The summed E-state index contributed by atoms with van der Waals surface area (Å²) in [6.45, 7) is 0.762. The van der Waals surface area contributed by atoms with Crippen molar-refractivity contribution in [3.05, 3.63) is 53.4 Å². The van der Waals surface area contributed by atoms with Gasteiger partial charge in [-0.3, -0.25) is 9.69 Å². The molecule has 122 valence electrons. The summed E-state index contributed by atoms with van der Waals surface area (Å²) in [5.74, 6) is -1.93. The highest BCUT2D eigenvalue weighted by atomic mass is 19.2. The maximum atomic E-state index is 13.5. The number of benzene rings is 1.